The summed E-state index contributed by atoms with van der Waals surface area (Å²) in [5, 5.41) is 3.56. The van der Waals surface area contributed by atoms with Gasteiger partial charge in [-0.15, -0.1) is 0 Å². The van der Waals surface area contributed by atoms with Crippen molar-refractivity contribution in [3.63, 3.8) is 0 Å². The van der Waals surface area contributed by atoms with Crippen molar-refractivity contribution in [1.29, 1.82) is 0 Å². The molecule has 0 aliphatic rings. The molecule has 0 aromatic carbocycles. The van der Waals surface area contributed by atoms with Crippen LogP contribution in [0.1, 0.15) is 32.3 Å². The lowest BCUT2D eigenvalue weighted by atomic mass is 10.2. The van der Waals surface area contributed by atoms with Gasteiger partial charge in [0.2, 0.25) is 0 Å². The van der Waals surface area contributed by atoms with Gasteiger partial charge < -0.3 is 14.6 Å². The van der Waals surface area contributed by atoms with E-state index < -0.39 is 0 Å². The van der Waals surface area contributed by atoms with Crippen molar-refractivity contribution in [2.24, 2.45) is 0 Å². The number of nitrogens with one attached hydrogen (secondary N) is 1. The fraction of sp³-hybridized carbons (Fsp3) is 0.692. The Bertz CT molecular complexity index is 255. The Morgan fingerprint density at radius 3 is 2.69 bits per heavy atom. The number of likely N-dealkylation sites (N-methyl/N-ethyl adjacent to an activating group) is 1. The predicted octanol–water partition coefficient (Wildman–Crippen LogP) is 2.49. The minimum absolute atomic E-state index is 0.669. The van der Waals surface area contributed by atoms with Crippen LogP contribution in [-0.2, 0) is 6.54 Å². The summed E-state index contributed by atoms with van der Waals surface area (Å²) in [4.78, 5) is 2.31. The van der Waals surface area contributed by atoms with E-state index in [9.17, 15) is 0 Å². The molecule has 0 spiro atoms. The third kappa shape index (κ3) is 4.81. The van der Waals surface area contributed by atoms with Gasteiger partial charge in [-0.3, -0.25) is 0 Å². The molecule has 0 amide bonds. The van der Waals surface area contributed by atoms with Crippen LogP contribution in [0, 0.1) is 0 Å². The first-order valence-corrected chi connectivity index (χ1v) is 6.19. The van der Waals surface area contributed by atoms with E-state index in [1.54, 1.807) is 6.26 Å². The molecule has 0 saturated heterocycles. The first kappa shape index (κ1) is 13.3. The second-order valence-corrected chi connectivity index (χ2v) is 4.34. The molecule has 0 bridgehead atoms. The van der Waals surface area contributed by atoms with Crippen molar-refractivity contribution in [1.82, 2.24) is 10.2 Å². The minimum atomic E-state index is 0.669. The Balaban J connectivity index is 2.13. The molecule has 0 saturated carbocycles. The Hall–Kier alpha value is -0.800. The average Bonchev–Trinajstić information content (AvgIpc) is 2.77. The van der Waals surface area contributed by atoms with Crippen molar-refractivity contribution in [3.05, 3.63) is 24.2 Å². The van der Waals surface area contributed by atoms with E-state index in [4.69, 9.17) is 4.42 Å². The van der Waals surface area contributed by atoms with E-state index in [0.29, 0.717) is 6.04 Å². The standard InChI is InChI=1S/C13H24N2O/c1-4-13(5-2)14-7-8-15(3)10-12-6-9-16-11-12/h6,9,11,13-14H,4-5,7-8,10H2,1-3H3. The van der Waals surface area contributed by atoms with E-state index in [-0.39, 0.29) is 0 Å². The number of furan rings is 1. The van der Waals surface area contributed by atoms with Gasteiger partial charge >= 0.3 is 0 Å². The Morgan fingerprint density at radius 1 is 1.38 bits per heavy atom. The van der Waals surface area contributed by atoms with Gasteiger partial charge in [0.25, 0.3) is 0 Å². The van der Waals surface area contributed by atoms with E-state index in [0.717, 1.165) is 19.6 Å². The normalized spacial score (nSPS) is 11.6. The van der Waals surface area contributed by atoms with Gasteiger partial charge in [-0.2, -0.15) is 0 Å². The molecule has 1 N–H and O–H groups in total. The van der Waals surface area contributed by atoms with Crippen LogP contribution in [0.5, 0.6) is 0 Å². The van der Waals surface area contributed by atoms with Gasteiger partial charge in [-0.1, -0.05) is 13.8 Å². The monoisotopic (exact) mass is 224 g/mol. The molecular weight excluding hydrogens is 200 g/mol. The molecule has 1 heterocycles. The largest absolute Gasteiger partial charge is 0.472 e. The van der Waals surface area contributed by atoms with Crippen molar-refractivity contribution >= 4 is 0 Å². The number of hydrogen-bond donors (Lipinski definition) is 1. The van der Waals surface area contributed by atoms with Crippen LogP contribution in [0.3, 0.4) is 0 Å². The first-order valence-electron chi connectivity index (χ1n) is 6.19. The van der Waals surface area contributed by atoms with E-state index >= 15 is 0 Å². The van der Waals surface area contributed by atoms with Crippen molar-refractivity contribution in [2.45, 2.75) is 39.3 Å². The third-order valence-corrected chi connectivity index (χ3v) is 2.94. The van der Waals surface area contributed by atoms with Gasteiger partial charge in [0.1, 0.15) is 0 Å². The van der Waals surface area contributed by atoms with Crippen LogP contribution in [0.4, 0.5) is 0 Å². The fourth-order valence-electron chi connectivity index (χ4n) is 1.81. The molecule has 1 rings (SSSR count). The summed E-state index contributed by atoms with van der Waals surface area (Å²) in [5.74, 6) is 0. The van der Waals surface area contributed by atoms with E-state index in [1.165, 1.54) is 18.4 Å². The Kier molecular flexibility index (Phi) is 6.19. The molecule has 0 aliphatic carbocycles. The molecule has 0 atom stereocenters. The second kappa shape index (κ2) is 7.47. The molecular formula is C13H24N2O. The summed E-state index contributed by atoms with van der Waals surface area (Å²) in [7, 11) is 2.14. The summed E-state index contributed by atoms with van der Waals surface area (Å²) in [6.07, 6.45) is 5.96. The van der Waals surface area contributed by atoms with E-state index in [1.807, 2.05) is 12.3 Å². The average molecular weight is 224 g/mol. The van der Waals surface area contributed by atoms with Gasteiger partial charge in [0.05, 0.1) is 12.5 Å². The molecule has 0 unspecified atom stereocenters. The zero-order chi connectivity index (χ0) is 11.8. The molecule has 0 fully saturated rings. The van der Waals surface area contributed by atoms with Crippen molar-refractivity contribution in [3.8, 4) is 0 Å². The van der Waals surface area contributed by atoms with Gasteiger partial charge in [0.15, 0.2) is 0 Å². The van der Waals surface area contributed by atoms with Crippen LogP contribution >= 0.6 is 0 Å². The lowest BCUT2D eigenvalue weighted by Crippen LogP contribution is -2.34. The van der Waals surface area contributed by atoms with Gasteiger partial charge in [0, 0.05) is 31.2 Å². The van der Waals surface area contributed by atoms with Crippen LogP contribution < -0.4 is 5.32 Å². The van der Waals surface area contributed by atoms with Crippen LogP contribution in [-0.4, -0.2) is 31.1 Å². The second-order valence-electron chi connectivity index (χ2n) is 4.34. The molecule has 16 heavy (non-hydrogen) atoms. The van der Waals surface area contributed by atoms with Crippen LogP contribution in [0.2, 0.25) is 0 Å². The summed E-state index contributed by atoms with van der Waals surface area (Å²) in [5.41, 5.74) is 1.24. The molecule has 0 aliphatic heterocycles. The quantitative estimate of drug-likeness (QED) is 0.735. The lowest BCUT2D eigenvalue weighted by Gasteiger charge is -2.19. The summed E-state index contributed by atoms with van der Waals surface area (Å²) < 4.78 is 5.05. The molecule has 1 aromatic heterocycles. The van der Waals surface area contributed by atoms with Crippen LogP contribution in [0.25, 0.3) is 0 Å². The van der Waals surface area contributed by atoms with Gasteiger partial charge in [-0.05, 0) is 26.0 Å². The van der Waals surface area contributed by atoms with Crippen molar-refractivity contribution < 1.29 is 4.42 Å². The number of rotatable bonds is 8. The molecule has 3 heteroatoms. The lowest BCUT2D eigenvalue weighted by molar-refractivity contribution is 0.313. The first-order chi connectivity index (χ1) is 7.76. The highest BCUT2D eigenvalue weighted by molar-refractivity contribution is 5.04. The maximum Gasteiger partial charge on any atom is 0.0947 e. The van der Waals surface area contributed by atoms with Crippen LogP contribution in [0.15, 0.2) is 23.0 Å². The number of nitrogens with zero attached hydrogens (tertiary/aromatic N) is 1. The zero-order valence-electron chi connectivity index (χ0n) is 10.7. The molecule has 1 aromatic rings. The third-order valence-electron chi connectivity index (χ3n) is 2.94. The molecule has 0 radical (unpaired) electrons. The minimum Gasteiger partial charge on any atom is -0.472 e. The van der Waals surface area contributed by atoms with E-state index in [2.05, 4.69) is 31.1 Å². The topological polar surface area (TPSA) is 28.4 Å². The SMILES string of the molecule is CCC(CC)NCCN(C)Cc1ccoc1. The zero-order valence-corrected chi connectivity index (χ0v) is 10.7. The Labute approximate surface area is 98.8 Å². The maximum absolute atomic E-state index is 5.05. The maximum atomic E-state index is 5.05. The summed E-state index contributed by atoms with van der Waals surface area (Å²) in [6, 6.07) is 2.69. The highest BCUT2D eigenvalue weighted by Crippen LogP contribution is 2.03. The van der Waals surface area contributed by atoms with Gasteiger partial charge in [-0.25, -0.2) is 0 Å². The highest BCUT2D eigenvalue weighted by Gasteiger charge is 2.04. The number of hydrogen-bond acceptors (Lipinski definition) is 3. The Morgan fingerprint density at radius 2 is 2.12 bits per heavy atom. The predicted molar refractivity (Wildman–Crippen MR) is 67.4 cm³/mol. The smallest absolute Gasteiger partial charge is 0.0947 e. The highest BCUT2D eigenvalue weighted by atomic mass is 16.3. The summed E-state index contributed by atoms with van der Waals surface area (Å²) in [6.45, 7) is 7.55. The fourth-order valence-corrected chi connectivity index (χ4v) is 1.81. The molecule has 92 valence electrons. The molecule has 3 nitrogen and oxygen atoms in total. The van der Waals surface area contributed by atoms with Crippen molar-refractivity contribution in [2.75, 3.05) is 20.1 Å². The summed E-state index contributed by atoms with van der Waals surface area (Å²) >= 11 is 0.